The van der Waals surface area contributed by atoms with Gasteiger partial charge in [0.2, 0.25) is 0 Å². The van der Waals surface area contributed by atoms with E-state index in [1.807, 2.05) is 21.1 Å². The van der Waals surface area contributed by atoms with Crippen molar-refractivity contribution >= 4 is 18.6 Å². The van der Waals surface area contributed by atoms with E-state index in [4.69, 9.17) is 13.8 Å². The Labute approximate surface area is 219 Å². The summed E-state index contributed by atoms with van der Waals surface area (Å²) >= 11 is 0. The van der Waals surface area contributed by atoms with E-state index in [9.17, 15) is 13.7 Å². The van der Waals surface area contributed by atoms with Crippen molar-refractivity contribution in [3.8, 4) is 0 Å². The molecule has 0 aliphatic carbocycles. The van der Waals surface area contributed by atoms with Crippen LogP contribution >= 0.6 is 7.82 Å². The number of hydrogen-bond acceptors (Lipinski definition) is 6. The van der Waals surface area contributed by atoms with Crippen LogP contribution in [0.5, 0.6) is 0 Å². The number of phosphoric acid groups is 1. The summed E-state index contributed by atoms with van der Waals surface area (Å²) in [5.74, 6) is 0.870. The second-order valence-electron chi connectivity index (χ2n) is 10.8. The van der Waals surface area contributed by atoms with Crippen LogP contribution in [-0.4, -0.2) is 73.8 Å². The maximum absolute atomic E-state index is 12.5. The molecule has 4 atom stereocenters. The Morgan fingerprint density at radius 2 is 1.31 bits per heavy atom. The third-order valence-corrected chi connectivity index (χ3v) is 8.74. The fourth-order valence-corrected chi connectivity index (χ4v) is 6.22. The zero-order chi connectivity index (χ0) is 26.6. The molecule has 0 aliphatic heterocycles. The van der Waals surface area contributed by atoms with Gasteiger partial charge >= 0.3 is 0 Å². The quantitative estimate of drug-likeness (QED) is 0.0822. The van der Waals surface area contributed by atoms with E-state index in [-0.39, 0.29) is 12.4 Å². The minimum absolute atomic E-state index is 0.0553. The van der Waals surface area contributed by atoms with Gasteiger partial charge in [-0.2, -0.15) is 0 Å². The van der Waals surface area contributed by atoms with Gasteiger partial charge in [-0.25, -0.2) is 0 Å². The number of nitrogens with zero attached hydrogens (tertiary/aromatic N) is 1. The van der Waals surface area contributed by atoms with Crippen LogP contribution in [0.15, 0.2) is 0 Å². The van der Waals surface area contributed by atoms with Crippen molar-refractivity contribution in [3.63, 3.8) is 0 Å². The number of methoxy groups -OCH3 is 1. The predicted octanol–water partition coefficient (Wildman–Crippen LogP) is 5.83. The van der Waals surface area contributed by atoms with Crippen molar-refractivity contribution in [1.82, 2.24) is 0 Å². The third-order valence-electron chi connectivity index (χ3n) is 6.21. The summed E-state index contributed by atoms with van der Waals surface area (Å²) in [6.07, 6.45) is 16.8. The van der Waals surface area contributed by atoms with Crippen LogP contribution in [0.3, 0.4) is 0 Å². The molecule has 0 heterocycles. The lowest BCUT2D eigenvalue weighted by Crippen LogP contribution is -2.38. The number of unbranched alkanes of at least 4 members (excludes halogenated alkanes) is 13. The summed E-state index contributed by atoms with van der Waals surface area (Å²) in [6, 6.07) is 0. The molecule has 0 aromatic carbocycles. The summed E-state index contributed by atoms with van der Waals surface area (Å²) in [5, 5.41) is 0. The van der Waals surface area contributed by atoms with Crippen molar-refractivity contribution in [1.29, 1.82) is 0 Å². The highest BCUT2D eigenvalue weighted by Gasteiger charge is 2.25. The van der Waals surface area contributed by atoms with Gasteiger partial charge in [-0.1, -0.05) is 90.4 Å². The van der Waals surface area contributed by atoms with Gasteiger partial charge in [0.25, 0.3) is 7.82 Å². The lowest BCUT2D eigenvalue weighted by Gasteiger charge is -2.31. The molecule has 0 saturated carbocycles. The average molecular weight is 542 g/mol. The topological polar surface area (TPSA) is 84.9 Å². The molecule has 0 aromatic heterocycles. The first-order valence-corrected chi connectivity index (χ1v) is 16.8. The summed E-state index contributed by atoms with van der Waals surface area (Å²) in [7, 11) is 1.84. The van der Waals surface area contributed by atoms with E-state index in [1.54, 1.807) is 6.92 Å². The monoisotopic (exact) mass is 541 g/mol. The van der Waals surface area contributed by atoms with Crippen LogP contribution in [0, 0.1) is 0 Å². The molecule has 0 aromatic rings. The molecule has 0 bridgehead atoms. The molecule has 0 amide bonds. The Kier molecular flexibility index (Phi) is 21.3. The Bertz CT molecular complexity index is 573. The largest absolute Gasteiger partial charge is 0.756 e. The van der Waals surface area contributed by atoms with Gasteiger partial charge in [0, 0.05) is 23.7 Å². The molecule has 0 spiro atoms. The van der Waals surface area contributed by atoms with Crippen molar-refractivity contribution in [2.24, 2.45) is 0 Å². The Morgan fingerprint density at radius 3 is 1.74 bits per heavy atom. The van der Waals surface area contributed by atoms with Gasteiger partial charge in [0.05, 0.1) is 39.1 Å². The van der Waals surface area contributed by atoms with Gasteiger partial charge in [-0.15, -0.1) is 0 Å². The molecule has 9 heteroatoms. The van der Waals surface area contributed by atoms with E-state index in [0.29, 0.717) is 16.8 Å². The molecule has 0 aliphatic rings. The molecular weight excluding hydrogens is 485 g/mol. The van der Waals surface area contributed by atoms with E-state index in [0.717, 1.165) is 12.8 Å². The van der Waals surface area contributed by atoms with Crippen molar-refractivity contribution in [3.05, 3.63) is 0 Å². The Hall–Kier alpha value is 0.180. The molecule has 7 nitrogen and oxygen atoms in total. The van der Waals surface area contributed by atoms with Crippen LogP contribution in [0.1, 0.15) is 104 Å². The van der Waals surface area contributed by atoms with Gasteiger partial charge in [-0.3, -0.25) is 8.77 Å². The molecule has 0 rings (SSSR count). The number of likely N-dealkylation sites (N-methyl/N-ethyl adjacent to an activating group) is 1. The number of quaternary nitrogens is 1. The minimum atomic E-state index is -4.44. The zero-order valence-corrected chi connectivity index (χ0v) is 25.3. The van der Waals surface area contributed by atoms with Gasteiger partial charge in [-0.05, 0) is 13.3 Å². The highest BCUT2D eigenvalue weighted by atomic mass is 32.2. The van der Waals surface area contributed by atoms with Crippen molar-refractivity contribution in [2.45, 2.75) is 116 Å². The first-order chi connectivity index (χ1) is 16.5. The molecule has 0 saturated heterocycles. The van der Waals surface area contributed by atoms with Gasteiger partial charge in [0.15, 0.2) is 0 Å². The smallest absolute Gasteiger partial charge is 0.268 e. The first kappa shape index (κ1) is 35.2. The highest BCUT2D eigenvalue weighted by Crippen LogP contribution is 2.40. The molecular formula is C26H56NO6PS. The maximum Gasteiger partial charge on any atom is 0.268 e. The third kappa shape index (κ3) is 23.1. The second-order valence-corrected chi connectivity index (χ2v) is 13.8. The molecule has 0 radical (unpaired) electrons. The summed E-state index contributed by atoms with van der Waals surface area (Å²) in [5.41, 5.74) is 0. The van der Waals surface area contributed by atoms with E-state index in [1.165, 1.54) is 84.2 Å². The number of hydrogen-bond donors (Lipinski definition) is 0. The standard InChI is InChI=1S/C26H56NO6PS/c1-7-8-9-10-11-12-13-14-15-16-17-18-19-20-23-35(30)24-26(31-6)25(2)33-34(28,29)32-22-21-27(3,4)5/h25-26H,7-24H2,1-6H3. The highest BCUT2D eigenvalue weighted by molar-refractivity contribution is 7.85. The zero-order valence-electron chi connectivity index (χ0n) is 23.6. The second kappa shape index (κ2) is 21.2. The van der Waals surface area contributed by atoms with E-state index < -0.39 is 30.8 Å². The van der Waals surface area contributed by atoms with Gasteiger partial charge < -0.3 is 23.2 Å². The van der Waals surface area contributed by atoms with Crippen molar-refractivity contribution < 1.29 is 31.9 Å². The fraction of sp³-hybridized carbons (Fsp3) is 1.00. The fourth-order valence-electron chi connectivity index (χ4n) is 3.85. The number of phosphoric ester groups is 1. The average Bonchev–Trinajstić information content (AvgIpc) is 2.76. The van der Waals surface area contributed by atoms with Crippen LogP contribution in [0.25, 0.3) is 0 Å². The molecule has 0 N–H and O–H groups in total. The van der Waals surface area contributed by atoms with E-state index in [2.05, 4.69) is 6.92 Å². The van der Waals surface area contributed by atoms with Crippen LogP contribution in [0.2, 0.25) is 0 Å². The van der Waals surface area contributed by atoms with Crippen LogP contribution in [-0.2, 0) is 29.1 Å². The molecule has 35 heavy (non-hydrogen) atoms. The summed E-state index contributed by atoms with van der Waals surface area (Å²) < 4.78 is 40.6. The predicted molar refractivity (Wildman–Crippen MR) is 146 cm³/mol. The lowest BCUT2D eigenvalue weighted by atomic mass is 10.0. The summed E-state index contributed by atoms with van der Waals surface area (Å²) in [4.78, 5) is 12.1. The van der Waals surface area contributed by atoms with Crippen LogP contribution in [0.4, 0.5) is 0 Å². The Balaban J connectivity index is 3.86. The molecule has 4 unspecified atom stereocenters. The van der Waals surface area contributed by atoms with Crippen molar-refractivity contribution in [2.75, 3.05) is 52.9 Å². The molecule has 0 fully saturated rings. The van der Waals surface area contributed by atoms with E-state index >= 15 is 0 Å². The SMILES string of the molecule is CCCCCCCCCCCCCCCCS(=O)CC(OC)C(C)OP(=O)([O-])OCC[N+](C)(C)C. The lowest BCUT2D eigenvalue weighted by molar-refractivity contribution is -0.870. The normalized spacial score (nSPS) is 16.7. The Morgan fingerprint density at radius 1 is 0.857 bits per heavy atom. The first-order valence-electron chi connectivity index (χ1n) is 13.8. The number of rotatable bonds is 25. The summed E-state index contributed by atoms with van der Waals surface area (Å²) in [6.45, 7) is 4.47. The molecule has 212 valence electrons. The number of ether oxygens (including phenoxy) is 1. The van der Waals surface area contributed by atoms with Gasteiger partial charge in [0.1, 0.15) is 13.2 Å². The van der Waals surface area contributed by atoms with Crippen LogP contribution < -0.4 is 4.89 Å². The maximum atomic E-state index is 12.5. The minimum Gasteiger partial charge on any atom is -0.756 e.